The van der Waals surface area contributed by atoms with Gasteiger partial charge in [0.2, 0.25) is 0 Å². The lowest BCUT2D eigenvalue weighted by atomic mass is 10.1. The van der Waals surface area contributed by atoms with Crippen LogP contribution in [0.3, 0.4) is 0 Å². The third-order valence-electron chi connectivity index (χ3n) is 4.56. The first-order valence-corrected chi connectivity index (χ1v) is 10.7. The molecule has 31 heavy (non-hydrogen) atoms. The summed E-state index contributed by atoms with van der Waals surface area (Å²) in [6.07, 6.45) is 1.000. The van der Waals surface area contributed by atoms with Crippen LogP contribution in [-0.2, 0) is 0 Å². The summed E-state index contributed by atoms with van der Waals surface area (Å²) >= 11 is 16.0. The molecule has 0 fully saturated rings. The molecule has 0 atom stereocenters. The molecule has 0 unspecified atom stereocenters. The molecule has 4 aromatic rings. The van der Waals surface area contributed by atoms with Crippen LogP contribution < -0.4 is 10.9 Å². The second-order valence-electron chi connectivity index (χ2n) is 6.57. The maximum atomic E-state index is 13.5. The summed E-state index contributed by atoms with van der Waals surface area (Å²) in [5.74, 6) is 0.610. The molecule has 5 nitrogen and oxygen atoms in total. The molecule has 2 N–H and O–H groups in total. The Kier molecular flexibility index (Phi) is 6.23. The van der Waals surface area contributed by atoms with E-state index in [0.717, 1.165) is 16.4 Å². The van der Waals surface area contributed by atoms with Crippen molar-refractivity contribution in [1.82, 2.24) is 9.55 Å². The van der Waals surface area contributed by atoms with E-state index in [4.69, 9.17) is 33.6 Å². The lowest BCUT2D eigenvalue weighted by molar-refractivity contribution is 0.948. The molecule has 0 aliphatic rings. The van der Waals surface area contributed by atoms with Gasteiger partial charge in [0, 0.05) is 27.0 Å². The topological polar surface area (TPSA) is 70.8 Å². The second-order valence-corrected chi connectivity index (χ2v) is 8.33. The van der Waals surface area contributed by atoms with Gasteiger partial charge in [0.15, 0.2) is 5.82 Å². The summed E-state index contributed by atoms with van der Waals surface area (Å²) in [6, 6.07) is 21.5. The van der Waals surface area contributed by atoms with E-state index in [9.17, 15) is 4.79 Å². The maximum Gasteiger partial charge on any atom is 0.269 e. The van der Waals surface area contributed by atoms with Gasteiger partial charge in [-0.15, -0.1) is 0 Å². The van der Waals surface area contributed by atoms with Crippen molar-refractivity contribution < 1.29 is 0 Å². The molecule has 0 amide bonds. The van der Waals surface area contributed by atoms with Crippen molar-refractivity contribution in [3.05, 3.63) is 103 Å². The van der Waals surface area contributed by atoms with Gasteiger partial charge >= 0.3 is 0 Å². The normalized spacial score (nSPS) is 10.7. The van der Waals surface area contributed by atoms with Crippen molar-refractivity contribution in [2.45, 2.75) is 0 Å². The highest BCUT2D eigenvalue weighted by atomic mass is 79.9. The van der Waals surface area contributed by atoms with E-state index in [2.05, 4.69) is 21.2 Å². The van der Waals surface area contributed by atoms with Gasteiger partial charge in [-0.2, -0.15) is 0 Å². The average molecular weight is 514 g/mol. The molecule has 0 aliphatic carbocycles. The minimum atomic E-state index is -0.403. The highest BCUT2D eigenvalue weighted by molar-refractivity contribution is 9.10. The number of aromatic nitrogens is 2. The number of hydrogen-bond acceptors (Lipinski definition) is 4. The Bertz CT molecular complexity index is 1320. The molecule has 0 saturated heterocycles. The number of halogens is 3. The van der Waals surface area contributed by atoms with Gasteiger partial charge in [0.05, 0.1) is 10.7 Å². The quantitative estimate of drug-likeness (QED) is 0.291. The van der Waals surface area contributed by atoms with Crippen LogP contribution in [0.5, 0.6) is 0 Å². The van der Waals surface area contributed by atoms with Crippen LogP contribution in [0.1, 0.15) is 5.56 Å². The molecule has 0 spiro atoms. The van der Waals surface area contributed by atoms with Crippen LogP contribution in [0, 0.1) is 5.41 Å². The molecule has 154 valence electrons. The Hall–Kier alpha value is -2.93. The van der Waals surface area contributed by atoms with Gasteiger partial charge in [-0.25, -0.2) is 4.98 Å². The van der Waals surface area contributed by atoms with Crippen LogP contribution in [0.2, 0.25) is 10.0 Å². The largest absolute Gasteiger partial charge is 0.339 e. The Labute approximate surface area is 196 Å². The first-order chi connectivity index (χ1) is 15.0. The van der Waals surface area contributed by atoms with E-state index >= 15 is 0 Å². The Morgan fingerprint density at radius 3 is 2.35 bits per heavy atom. The monoisotopic (exact) mass is 512 g/mol. The SMILES string of the molecule is N=Cc1c(Nc2ccccc2)nc(-c2ccc(Br)cc2Cl)n(-c2ccc(Cl)cc2)c1=O. The number of nitrogens with one attached hydrogen (secondary N) is 2. The number of anilines is 2. The number of nitrogens with zero attached hydrogens (tertiary/aromatic N) is 2. The minimum absolute atomic E-state index is 0.121. The molecule has 8 heteroatoms. The average Bonchev–Trinajstić information content (AvgIpc) is 2.75. The number of benzene rings is 3. The highest BCUT2D eigenvalue weighted by Gasteiger charge is 2.20. The fourth-order valence-corrected chi connectivity index (χ4v) is 3.98. The van der Waals surface area contributed by atoms with Gasteiger partial charge in [0.1, 0.15) is 11.4 Å². The Morgan fingerprint density at radius 1 is 1.00 bits per heavy atom. The van der Waals surface area contributed by atoms with E-state index in [1.165, 1.54) is 4.57 Å². The molecular formula is C23H15BrCl2N4O. The molecule has 4 rings (SSSR count). The van der Waals surface area contributed by atoms with Crippen LogP contribution >= 0.6 is 39.1 Å². The number of hydrogen-bond donors (Lipinski definition) is 2. The van der Waals surface area contributed by atoms with Crippen LogP contribution in [0.15, 0.2) is 82.1 Å². The fourth-order valence-electron chi connectivity index (χ4n) is 3.10. The molecular weight excluding hydrogens is 499 g/mol. The van der Waals surface area contributed by atoms with Crippen molar-refractivity contribution in [3.63, 3.8) is 0 Å². The van der Waals surface area contributed by atoms with E-state index in [1.54, 1.807) is 36.4 Å². The Morgan fingerprint density at radius 2 is 1.71 bits per heavy atom. The third kappa shape index (κ3) is 4.42. The summed E-state index contributed by atoms with van der Waals surface area (Å²) < 4.78 is 2.24. The van der Waals surface area contributed by atoms with Crippen molar-refractivity contribution in [2.24, 2.45) is 0 Å². The third-order valence-corrected chi connectivity index (χ3v) is 5.61. The van der Waals surface area contributed by atoms with Crippen molar-refractivity contribution in [2.75, 3.05) is 5.32 Å². The van der Waals surface area contributed by atoms with Gasteiger partial charge in [-0.05, 0) is 54.6 Å². The van der Waals surface area contributed by atoms with Gasteiger partial charge in [-0.1, -0.05) is 57.3 Å². The van der Waals surface area contributed by atoms with Crippen molar-refractivity contribution in [1.29, 1.82) is 5.41 Å². The lowest BCUT2D eigenvalue weighted by Gasteiger charge is -2.17. The van der Waals surface area contributed by atoms with E-state index < -0.39 is 5.56 Å². The Balaban J connectivity index is 2.02. The van der Waals surface area contributed by atoms with Crippen LogP contribution in [0.4, 0.5) is 11.5 Å². The zero-order valence-corrected chi connectivity index (χ0v) is 19.0. The summed E-state index contributed by atoms with van der Waals surface area (Å²) in [7, 11) is 0. The highest BCUT2D eigenvalue weighted by Crippen LogP contribution is 2.32. The summed E-state index contributed by atoms with van der Waals surface area (Å²) in [4.78, 5) is 18.2. The molecule has 1 aromatic heterocycles. The van der Waals surface area contributed by atoms with Gasteiger partial charge in [-0.3, -0.25) is 9.36 Å². The van der Waals surface area contributed by atoms with E-state index in [0.29, 0.717) is 27.1 Å². The fraction of sp³-hybridized carbons (Fsp3) is 0. The van der Waals surface area contributed by atoms with E-state index in [1.807, 2.05) is 36.4 Å². The first kappa shape index (κ1) is 21.3. The predicted molar refractivity (Wildman–Crippen MR) is 131 cm³/mol. The summed E-state index contributed by atoms with van der Waals surface area (Å²) in [6.45, 7) is 0. The van der Waals surface area contributed by atoms with Crippen molar-refractivity contribution >= 4 is 56.9 Å². The number of rotatable bonds is 5. The zero-order valence-electron chi connectivity index (χ0n) is 15.9. The summed E-state index contributed by atoms with van der Waals surface area (Å²) in [5.41, 5.74) is 1.60. The molecule has 3 aromatic carbocycles. The van der Waals surface area contributed by atoms with Crippen LogP contribution in [-0.4, -0.2) is 15.8 Å². The van der Waals surface area contributed by atoms with Crippen LogP contribution in [0.25, 0.3) is 17.1 Å². The lowest BCUT2D eigenvalue weighted by Crippen LogP contribution is -2.26. The molecule has 0 aliphatic heterocycles. The maximum absolute atomic E-state index is 13.5. The minimum Gasteiger partial charge on any atom is -0.339 e. The standard InChI is InChI=1S/C23H15BrCl2N4O/c24-14-6-11-18(20(26)12-14)22-29-21(28-16-4-2-1-3-5-16)19(13-27)23(31)30(22)17-9-7-15(25)8-10-17/h1-13,27-28H. The molecule has 1 heterocycles. The second kappa shape index (κ2) is 9.06. The molecule has 0 radical (unpaired) electrons. The number of para-hydroxylation sites is 1. The molecule has 0 saturated carbocycles. The first-order valence-electron chi connectivity index (χ1n) is 9.19. The zero-order chi connectivity index (χ0) is 22.0. The van der Waals surface area contributed by atoms with Crippen molar-refractivity contribution in [3.8, 4) is 17.1 Å². The smallest absolute Gasteiger partial charge is 0.269 e. The summed E-state index contributed by atoms with van der Waals surface area (Å²) in [5, 5.41) is 12.0. The van der Waals surface area contributed by atoms with Gasteiger partial charge < -0.3 is 10.7 Å². The molecule has 0 bridgehead atoms. The van der Waals surface area contributed by atoms with E-state index in [-0.39, 0.29) is 11.4 Å². The predicted octanol–water partition coefficient (Wildman–Crippen LogP) is 6.71. The van der Waals surface area contributed by atoms with Gasteiger partial charge in [0.25, 0.3) is 5.56 Å².